The van der Waals surface area contributed by atoms with Crippen LogP contribution in [0.2, 0.25) is 0 Å². The lowest BCUT2D eigenvalue weighted by atomic mass is 10.1. The number of nitrogens with zero attached hydrogens (tertiary/aromatic N) is 12. The van der Waals surface area contributed by atoms with Crippen molar-refractivity contribution in [2.75, 3.05) is 0 Å². The fourth-order valence-electron chi connectivity index (χ4n) is 4.08. The van der Waals surface area contributed by atoms with Crippen LogP contribution in [0.1, 0.15) is 0 Å². The van der Waals surface area contributed by atoms with Gasteiger partial charge in [-0.15, -0.1) is 21.5 Å². The number of thiazole rings is 1. The van der Waals surface area contributed by atoms with Crippen LogP contribution in [0.15, 0.2) is 73.8 Å². The molecule has 0 aliphatic carbocycles. The van der Waals surface area contributed by atoms with Crippen molar-refractivity contribution < 1.29 is 13.5 Å². The van der Waals surface area contributed by atoms with Crippen LogP contribution in [-0.2, 0) is 0 Å². The summed E-state index contributed by atoms with van der Waals surface area (Å²) in [6, 6.07) is 1.73. The van der Waals surface area contributed by atoms with Crippen LogP contribution in [-0.4, -0.2) is 59.4 Å². The summed E-state index contributed by atoms with van der Waals surface area (Å²) in [5.41, 5.74) is 4.76. The summed E-state index contributed by atoms with van der Waals surface area (Å²) >= 11 is 3.83. The van der Waals surface area contributed by atoms with Crippen molar-refractivity contribution in [1.82, 2.24) is 59.4 Å². The van der Waals surface area contributed by atoms with Gasteiger partial charge in [-0.2, -0.15) is 4.37 Å². The minimum Gasteiger partial charge on any atom is -0.442 e. The maximum absolute atomic E-state index is 5.75. The monoisotopic (exact) mass is 610 g/mol. The Balaban J connectivity index is 1.18. The van der Waals surface area contributed by atoms with Crippen LogP contribution in [0.25, 0.3) is 78.3 Å². The number of rotatable bonds is 7. The Kier molecular flexibility index (Phi) is 5.90. The first-order chi connectivity index (χ1) is 20.8. The molecule has 0 aromatic carbocycles. The molecule has 8 aromatic heterocycles. The van der Waals surface area contributed by atoms with E-state index in [2.05, 4.69) is 54.4 Å². The summed E-state index contributed by atoms with van der Waals surface area (Å²) < 4.78 is 24.9. The van der Waals surface area contributed by atoms with Gasteiger partial charge in [0.2, 0.25) is 11.7 Å². The first kappa shape index (κ1) is 24.3. The second-order valence-electron chi connectivity index (χ2n) is 8.28. The Hall–Kier alpha value is -5.46. The van der Waals surface area contributed by atoms with Gasteiger partial charge in [-0.3, -0.25) is 4.98 Å². The van der Waals surface area contributed by atoms with Gasteiger partial charge in [0.15, 0.2) is 11.5 Å². The third-order valence-electron chi connectivity index (χ3n) is 5.89. The van der Waals surface area contributed by atoms with Crippen LogP contribution in [0.3, 0.4) is 0 Å². The molecule has 42 heavy (non-hydrogen) atoms. The predicted octanol–water partition coefficient (Wildman–Crippen LogP) is 5.06. The van der Waals surface area contributed by atoms with E-state index in [-0.39, 0.29) is 0 Å². The van der Waals surface area contributed by atoms with Crippen molar-refractivity contribution >= 4 is 34.4 Å². The number of oxazole rings is 1. The Labute approximate surface area is 245 Å². The van der Waals surface area contributed by atoms with Crippen molar-refractivity contribution in [2.45, 2.75) is 0 Å². The van der Waals surface area contributed by atoms with Crippen LogP contribution >= 0.6 is 34.4 Å². The lowest BCUT2D eigenvalue weighted by Gasteiger charge is -2.06. The van der Waals surface area contributed by atoms with E-state index in [0.29, 0.717) is 73.3 Å². The molecule has 15 nitrogen and oxygen atoms in total. The Morgan fingerprint density at radius 3 is 2.62 bits per heavy atom. The summed E-state index contributed by atoms with van der Waals surface area (Å²) in [4.78, 5) is 27.8. The maximum atomic E-state index is 5.75. The highest BCUT2D eigenvalue weighted by molar-refractivity contribution is 7.13. The molecule has 0 radical (unpaired) electrons. The second kappa shape index (κ2) is 10.2. The third-order valence-corrected chi connectivity index (χ3v) is 8.04. The van der Waals surface area contributed by atoms with E-state index in [1.807, 2.05) is 10.8 Å². The number of hydrogen-bond acceptors (Lipinski definition) is 18. The summed E-state index contributed by atoms with van der Waals surface area (Å²) in [7, 11) is 0. The Bertz CT molecular complexity index is 2130. The van der Waals surface area contributed by atoms with E-state index in [0.717, 1.165) is 16.5 Å². The first-order valence-electron chi connectivity index (χ1n) is 11.8. The molecular formula is C24H10N12O3S3. The van der Waals surface area contributed by atoms with Crippen molar-refractivity contribution in [3.05, 3.63) is 60.3 Å². The Morgan fingerprint density at radius 1 is 0.786 bits per heavy atom. The molecule has 8 rings (SSSR count). The molecule has 0 N–H and O–H groups in total. The molecule has 8 aromatic rings. The van der Waals surface area contributed by atoms with E-state index >= 15 is 0 Å². The SMILES string of the molecule is c1cc(-c2nccnc2-c2nc(-c3nccs3)co2)nc(-c2snnc2-c2conc2-c2csnc2-c2cnno2)n1. The average Bonchev–Trinajstić information content (AvgIpc) is 3.87. The quantitative estimate of drug-likeness (QED) is 0.232. The molecule has 0 saturated carbocycles. The molecule has 0 unspecified atom stereocenters. The maximum Gasteiger partial charge on any atom is 0.248 e. The summed E-state index contributed by atoms with van der Waals surface area (Å²) in [6.45, 7) is 0. The molecule has 0 bridgehead atoms. The lowest BCUT2D eigenvalue weighted by molar-refractivity contribution is 0.403. The van der Waals surface area contributed by atoms with Crippen molar-refractivity contribution in [1.29, 1.82) is 0 Å². The van der Waals surface area contributed by atoms with Crippen molar-refractivity contribution in [3.8, 4) is 78.3 Å². The molecule has 0 fully saturated rings. The molecule has 0 atom stereocenters. The number of hydrogen-bond donors (Lipinski definition) is 0. The molecule has 0 spiro atoms. The minimum absolute atomic E-state index is 0.292. The molecular weight excluding hydrogens is 601 g/mol. The minimum atomic E-state index is 0.292. The zero-order valence-electron chi connectivity index (χ0n) is 20.6. The molecule has 8 heterocycles. The van der Waals surface area contributed by atoms with E-state index in [9.17, 15) is 0 Å². The molecule has 0 aliphatic rings. The van der Waals surface area contributed by atoms with Gasteiger partial charge >= 0.3 is 0 Å². The van der Waals surface area contributed by atoms with E-state index < -0.39 is 0 Å². The van der Waals surface area contributed by atoms with E-state index in [1.54, 1.807) is 30.9 Å². The number of aromatic nitrogens is 12. The average molecular weight is 611 g/mol. The van der Waals surface area contributed by atoms with Gasteiger partial charge in [0.05, 0.1) is 11.3 Å². The summed E-state index contributed by atoms with van der Waals surface area (Å²) in [5, 5.41) is 20.3. The standard InChI is InChI=1S/C24H10N12O3S3/c1-2-27-22(30-13(1)19-20(26-4-3-25-19)23-31-14(9-37-23)24-28-5-6-40-24)21-18(32-36-42-21)11-8-38-33-16(11)12-10-41-34-17(12)15-7-29-35-39-15/h1-10H. The van der Waals surface area contributed by atoms with Gasteiger partial charge in [-0.1, -0.05) is 9.64 Å². The summed E-state index contributed by atoms with van der Waals surface area (Å²) in [6.07, 6.45) is 11.0. The van der Waals surface area contributed by atoms with E-state index in [1.165, 1.54) is 41.6 Å². The first-order valence-corrected chi connectivity index (χ1v) is 14.3. The highest BCUT2D eigenvalue weighted by Gasteiger charge is 2.26. The normalized spacial score (nSPS) is 11.3. The van der Waals surface area contributed by atoms with Crippen molar-refractivity contribution in [3.63, 3.8) is 0 Å². The van der Waals surface area contributed by atoms with Gasteiger partial charge in [-0.05, 0) is 29.1 Å². The van der Waals surface area contributed by atoms with Crippen LogP contribution in [0.5, 0.6) is 0 Å². The fourth-order valence-corrected chi connectivity index (χ4v) is 5.96. The highest BCUT2D eigenvalue weighted by atomic mass is 32.1. The van der Waals surface area contributed by atoms with Crippen LogP contribution < -0.4 is 0 Å². The molecule has 18 heteroatoms. The van der Waals surface area contributed by atoms with Gasteiger partial charge in [-0.25, -0.2) is 24.9 Å². The molecule has 0 amide bonds. The molecule has 0 saturated heterocycles. The topological polar surface area (TPSA) is 194 Å². The van der Waals surface area contributed by atoms with Gasteiger partial charge in [0, 0.05) is 46.4 Å². The van der Waals surface area contributed by atoms with Gasteiger partial charge in [0.1, 0.15) is 57.1 Å². The van der Waals surface area contributed by atoms with Gasteiger partial charge in [0.25, 0.3) is 0 Å². The third kappa shape index (κ3) is 4.17. The van der Waals surface area contributed by atoms with Crippen LogP contribution in [0.4, 0.5) is 0 Å². The van der Waals surface area contributed by atoms with Gasteiger partial charge < -0.3 is 13.5 Å². The molecule has 0 aliphatic heterocycles. The predicted molar refractivity (Wildman–Crippen MR) is 148 cm³/mol. The smallest absolute Gasteiger partial charge is 0.248 e. The summed E-state index contributed by atoms with van der Waals surface area (Å²) in [5.74, 6) is 1.07. The lowest BCUT2D eigenvalue weighted by Crippen LogP contribution is -1.97. The molecule has 202 valence electrons. The zero-order valence-corrected chi connectivity index (χ0v) is 23.0. The van der Waals surface area contributed by atoms with Crippen molar-refractivity contribution in [2.24, 2.45) is 0 Å². The largest absolute Gasteiger partial charge is 0.442 e. The zero-order chi connectivity index (χ0) is 27.9. The van der Waals surface area contributed by atoms with E-state index in [4.69, 9.17) is 18.4 Å². The fraction of sp³-hybridized carbons (Fsp3) is 0. The Morgan fingerprint density at radius 2 is 1.74 bits per heavy atom. The second-order valence-corrected chi connectivity index (χ2v) is 10.6. The highest BCUT2D eigenvalue weighted by Crippen LogP contribution is 2.41. The van der Waals surface area contributed by atoms with Crippen LogP contribution in [0, 0.1) is 0 Å².